The Balaban J connectivity index is 2.08. The monoisotopic (exact) mass is 290 g/mol. The van der Waals surface area contributed by atoms with E-state index in [4.69, 9.17) is 5.73 Å². The number of sulfonamides is 1. The molecule has 0 aromatic heterocycles. The number of rotatable bonds is 5. The van der Waals surface area contributed by atoms with Crippen LogP contribution in [0.15, 0.2) is 54.6 Å². The maximum Gasteiger partial charge on any atom is 0.235 e. The molecule has 4 nitrogen and oxygen atoms in total. The molecule has 2 aromatic carbocycles. The van der Waals surface area contributed by atoms with Crippen LogP contribution in [-0.4, -0.2) is 21.2 Å². The predicted octanol–water partition coefficient (Wildman–Crippen LogP) is 2.28. The summed E-state index contributed by atoms with van der Waals surface area (Å²) in [4.78, 5) is 0. The van der Waals surface area contributed by atoms with E-state index >= 15 is 0 Å². The molecule has 0 spiro atoms. The highest BCUT2D eigenvalue weighted by molar-refractivity contribution is 7.92. The molecule has 2 aromatic rings. The second-order valence-corrected chi connectivity index (χ2v) is 6.73. The Morgan fingerprint density at radius 1 is 1.00 bits per heavy atom. The van der Waals surface area contributed by atoms with Crippen LogP contribution in [0.3, 0.4) is 0 Å². The molecule has 0 aliphatic carbocycles. The number of nitrogens with two attached hydrogens (primary N) is 1. The van der Waals surface area contributed by atoms with Gasteiger partial charge in [-0.2, -0.15) is 0 Å². The van der Waals surface area contributed by atoms with Crippen molar-refractivity contribution in [3.63, 3.8) is 0 Å². The molecule has 0 aliphatic heterocycles. The third-order valence-electron chi connectivity index (χ3n) is 3.17. The largest absolute Gasteiger partial charge is 0.399 e. The first kappa shape index (κ1) is 14.4. The van der Waals surface area contributed by atoms with Crippen LogP contribution in [0.1, 0.15) is 5.56 Å². The third kappa shape index (κ3) is 3.51. The van der Waals surface area contributed by atoms with Crippen molar-refractivity contribution >= 4 is 21.4 Å². The average Bonchev–Trinajstić information content (AvgIpc) is 2.46. The molecular formula is C15H18N2O2S. The Labute approximate surface area is 119 Å². The molecule has 0 saturated heterocycles. The lowest BCUT2D eigenvalue weighted by Crippen LogP contribution is -2.29. The molecule has 2 rings (SSSR count). The van der Waals surface area contributed by atoms with E-state index in [1.165, 1.54) is 4.31 Å². The molecule has 0 bridgehead atoms. The van der Waals surface area contributed by atoms with E-state index in [2.05, 4.69) is 0 Å². The summed E-state index contributed by atoms with van der Waals surface area (Å²) in [7, 11) is -1.77. The van der Waals surface area contributed by atoms with E-state index in [-0.39, 0.29) is 5.75 Å². The van der Waals surface area contributed by atoms with Gasteiger partial charge in [0.25, 0.3) is 0 Å². The Kier molecular flexibility index (Phi) is 4.29. The van der Waals surface area contributed by atoms with Crippen LogP contribution in [0.2, 0.25) is 0 Å². The number of aryl methyl sites for hydroxylation is 1. The van der Waals surface area contributed by atoms with Gasteiger partial charge in [0.15, 0.2) is 0 Å². The summed E-state index contributed by atoms with van der Waals surface area (Å²) in [5, 5.41) is 0. The van der Waals surface area contributed by atoms with Crippen molar-refractivity contribution in [2.75, 3.05) is 22.8 Å². The molecule has 106 valence electrons. The van der Waals surface area contributed by atoms with Crippen molar-refractivity contribution in [3.05, 3.63) is 60.2 Å². The zero-order valence-electron chi connectivity index (χ0n) is 11.4. The molecule has 0 fully saturated rings. The highest BCUT2D eigenvalue weighted by atomic mass is 32.2. The molecular weight excluding hydrogens is 272 g/mol. The lowest BCUT2D eigenvalue weighted by molar-refractivity contribution is 0.593. The van der Waals surface area contributed by atoms with Gasteiger partial charge in [0.2, 0.25) is 10.0 Å². The maximum atomic E-state index is 12.3. The minimum absolute atomic E-state index is 0.0812. The second kappa shape index (κ2) is 5.96. The molecule has 0 amide bonds. The van der Waals surface area contributed by atoms with E-state index in [9.17, 15) is 8.42 Å². The van der Waals surface area contributed by atoms with E-state index in [1.54, 1.807) is 31.3 Å². The first-order valence-corrected chi connectivity index (χ1v) is 7.96. The summed E-state index contributed by atoms with van der Waals surface area (Å²) in [5.74, 6) is 0.0812. The van der Waals surface area contributed by atoms with Crippen molar-refractivity contribution in [2.24, 2.45) is 0 Å². The lowest BCUT2D eigenvalue weighted by atomic mass is 10.2. The Morgan fingerprint density at radius 3 is 2.20 bits per heavy atom. The van der Waals surface area contributed by atoms with Crippen LogP contribution in [0.4, 0.5) is 11.4 Å². The van der Waals surface area contributed by atoms with Gasteiger partial charge in [-0.1, -0.05) is 30.3 Å². The first-order chi connectivity index (χ1) is 9.49. The minimum atomic E-state index is -3.33. The molecule has 20 heavy (non-hydrogen) atoms. The normalized spacial score (nSPS) is 11.2. The molecule has 0 heterocycles. The van der Waals surface area contributed by atoms with E-state index in [0.717, 1.165) is 5.56 Å². The van der Waals surface area contributed by atoms with Crippen LogP contribution >= 0.6 is 0 Å². The van der Waals surface area contributed by atoms with Gasteiger partial charge >= 0.3 is 0 Å². The minimum Gasteiger partial charge on any atom is -0.399 e. The zero-order valence-corrected chi connectivity index (χ0v) is 12.2. The van der Waals surface area contributed by atoms with Gasteiger partial charge in [0, 0.05) is 12.7 Å². The summed E-state index contributed by atoms with van der Waals surface area (Å²) in [6, 6.07) is 16.4. The van der Waals surface area contributed by atoms with Crippen molar-refractivity contribution < 1.29 is 8.42 Å². The van der Waals surface area contributed by atoms with Crippen molar-refractivity contribution in [3.8, 4) is 0 Å². The van der Waals surface area contributed by atoms with Crippen molar-refractivity contribution in [2.45, 2.75) is 6.42 Å². The van der Waals surface area contributed by atoms with Gasteiger partial charge in [-0.15, -0.1) is 0 Å². The smallest absolute Gasteiger partial charge is 0.235 e. The molecule has 0 radical (unpaired) electrons. The van der Waals surface area contributed by atoms with Gasteiger partial charge < -0.3 is 5.73 Å². The Bertz CT molecular complexity index is 652. The molecule has 2 N–H and O–H groups in total. The van der Waals surface area contributed by atoms with Crippen molar-refractivity contribution in [1.29, 1.82) is 0 Å². The molecule has 0 atom stereocenters. The van der Waals surface area contributed by atoms with Crippen molar-refractivity contribution in [1.82, 2.24) is 0 Å². The topological polar surface area (TPSA) is 63.4 Å². The van der Waals surface area contributed by atoms with Gasteiger partial charge in [-0.3, -0.25) is 4.31 Å². The van der Waals surface area contributed by atoms with Crippen LogP contribution in [-0.2, 0) is 16.4 Å². The number of nitrogens with zero attached hydrogens (tertiary/aromatic N) is 1. The van der Waals surface area contributed by atoms with Crippen LogP contribution < -0.4 is 10.0 Å². The fraction of sp³-hybridized carbons (Fsp3) is 0.200. The van der Waals surface area contributed by atoms with E-state index < -0.39 is 10.0 Å². The molecule has 0 aliphatic rings. The van der Waals surface area contributed by atoms with Gasteiger partial charge in [-0.25, -0.2) is 8.42 Å². The highest BCUT2D eigenvalue weighted by Gasteiger charge is 2.18. The predicted molar refractivity (Wildman–Crippen MR) is 83.2 cm³/mol. The average molecular weight is 290 g/mol. The lowest BCUT2D eigenvalue weighted by Gasteiger charge is -2.19. The number of hydrogen-bond acceptors (Lipinski definition) is 3. The first-order valence-electron chi connectivity index (χ1n) is 6.35. The fourth-order valence-corrected chi connectivity index (χ4v) is 3.08. The zero-order chi connectivity index (χ0) is 14.6. The standard InChI is InChI=1S/C15H18N2O2S/c1-17(15-9-7-14(16)8-10-15)20(18,19)12-11-13-5-3-2-4-6-13/h2-10H,11-12,16H2,1H3. The SMILES string of the molecule is CN(c1ccc(N)cc1)S(=O)(=O)CCc1ccccc1. The third-order valence-corrected chi connectivity index (χ3v) is 4.93. The maximum absolute atomic E-state index is 12.3. The van der Waals surface area contributed by atoms with Crippen LogP contribution in [0.25, 0.3) is 0 Å². The Morgan fingerprint density at radius 2 is 1.60 bits per heavy atom. The highest BCUT2D eigenvalue weighted by Crippen LogP contribution is 2.18. The number of benzene rings is 2. The number of nitrogen functional groups attached to an aromatic ring is 1. The number of hydrogen-bond donors (Lipinski definition) is 1. The van der Waals surface area contributed by atoms with Gasteiger partial charge in [-0.05, 0) is 36.2 Å². The summed E-state index contributed by atoms with van der Waals surface area (Å²) < 4.78 is 25.9. The number of anilines is 2. The molecule has 0 saturated carbocycles. The summed E-state index contributed by atoms with van der Waals surface area (Å²) >= 11 is 0. The summed E-state index contributed by atoms with van der Waals surface area (Å²) in [6.45, 7) is 0. The molecule has 0 unspecified atom stereocenters. The van der Waals surface area contributed by atoms with E-state index in [1.807, 2.05) is 30.3 Å². The molecule has 5 heteroatoms. The fourth-order valence-electron chi connectivity index (χ4n) is 1.87. The quantitative estimate of drug-likeness (QED) is 0.859. The van der Waals surface area contributed by atoms with Gasteiger partial charge in [0.05, 0.1) is 11.4 Å². The van der Waals surface area contributed by atoms with E-state index in [0.29, 0.717) is 17.8 Å². The summed E-state index contributed by atoms with van der Waals surface area (Å²) in [5.41, 5.74) is 7.85. The van der Waals surface area contributed by atoms with Crippen LogP contribution in [0.5, 0.6) is 0 Å². The summed E-state index contributed by atoms with van der Waals surface area (Å²) in [6.07, 6.45) is 0.502. The Hall–Kier alpha value is -2.01. The second-order valence-electron chi connectivity index (χ2n) is 4.61. The van der Waals surface area contributed by atoms with Crippen LogP contribution in [0, 0.1) is 0 Å². The van der Waals surface area contributed by atoms with Gasteiger partial charge in [0.1, 0.15) is 0 Å².